The highest BCUT2D eigenvalue weighted by Gasteiger charge is 2.18. The van der Waals surface area contributed by atoms with Gasteiger partial charge in [-0.25, -0.2) is 0 Å². The standard InChI is InChI=1S/C11H23NO/c1-4-11(2,3)9-12-7-10-5-6-13-8-10/h10,12H,4-9H2,1-3H3. The summed E-state index contributed by atoms with van der Waals surface area (Å²) in [6.07, 6.45) is 2.47. The fourth-order valence-electron chi connectivity index (χ4n) is 1.48. The summed E-state index contributed by atoms with van der Waals surface area (Å²) < 4.78 is 5.33. The van der Waals surface area contributed by atoms with Crippen LogP contribution in [0.2, 0.25) is 0 Å². The van der Waals surface area contributed by atoms with Crippen molar-refractivity contribution < 1.29 is 4.74 Å². The van der Waals surface area contributed by atoms with Crippen molar-refractivity contribution in [2.45, 2.75) is 33.6 Å². The highest BCUT2D eigenvalue weighted by molar-refractivity contribution is 4.72. The lowest BCUT2D eigenvalue weighted by Gasteiger charge is -2.23. The zero-order valence-corrected chi connectivity index (χ0v) is 9.23. The molecule has 0 bridgehead atoms. The van der Waals surface area contributed by atoms with Crippen LogP contribution in [0.15, 0.2) is 0 Å². The van der Waals surface area contributed by atoms with Crippen molar-refractivity contribution in [1.82, 2.24) is 5.32 Å². The molecule has 0 amide bonds. The molecule has 0 aliphatic carbocycles. The Balaban J connectivity index is 2.06. The van der Waals surface area contributed by atoms with Crippen LogP contribution in [0.4, 0.5) is 0 Å². The largest absolute Gasteiger partial charge is 0.381 e. The van der Waals surface area contributed by atoms with Crippen LogP contribution in [0.3, 0.4) is 0 Å². The van der Waals surface area contributed by atoms with Gasteiger partial charge in [0.2, 0.25) is 0 Å². The Morgan fingerprint density at radius 2 is 2.23 bits per heavy atom. The molecule has 0 radical (unpaired) electrons. The van der Waals surface area contributed by atoms with E-state index in [2.05, 4.69) is 26.1 Å². The molecule has 0 saturated carbocycles. The van der Waals surface area contributed by atoms with E-state index in [-0.39, 0.29) is 0 Å². The van der Waals surface area contributed by atoms with Crippen LogP contribution >= 0.6 is 0 Å². The van der Waals surface area contributed by atoms with Crippen LogP contribution in [-0.4, -0.2) is 26.3 Å². The van der Waals surface area contributed by atoms with Crippen LogP contribution < -0.4 is 5.32 Å². The maximum absolute atomic E-state index is 5.33. The molecule has 78 valence electrons. The van der Waals surface area contributed by atoms with Gasteiger partial charge in [-0.15, -0.1) is 0 Å². The van der Waals surface area contributed by atoms with Gasteiger partial charge in [-0.05, 0) is 24.2 Å². The minimum atomic E-state index is 0.444. The minimum absolute atomic E-state index is 0.444. The Morgan fingerprint density at radius 1 is 1.46 bits per heavy atom. The smallest absolute Gasteiger partial charge is 0.0507 e. The third-order valence-corrected chi connectivity index (χ3v) is 3.02. The predicted molar refractivity (Wildman–Crippen MR) is 55.9 cm³/mol. The molecular formula is C11H23NO. The van der Waals surface area contributed by atoms with Gasteiger partial charge in [0, 0.05) is 19.7 Å². The fourth-order valence-corrected chi connectivity index (χ4v) is 1.48. The first kappa shape index (κ1) is 11.0. The molecule has 1 fully saturated rings. The molecule has 0 aromatic carbocycles. The molecular weight excluding hydrogens is 162 g/mol. The van der Waals surface area contributed by atoms with Crippen LogP contribution in [-0.2, 0) is 4.74 Å². The van der Waals surface area contributed by atoms with Crippen LogP contribution in [0.25, 0.3) is 0 Å². The summed E-state index contributed by atoms with van der Waals surface area (Å²) in [5.74, 6) is 0.757. The first-order chi connectivity index (χ1) is 6.14. The quantitative estimate of drug-likeness (QED) is 0.708. The van der Waals surface area contributed by atoms with Crippen molar-refractivity contribution in [2.75, 3.05) is 26.3 Å². The lowest BCUT2D eigenvalue weighted by atomic mass is 9.90. The zero-order valence-electron chi connectivity index (χ0n) is 9.23. The monoisotopic (exact) mass is 185 g/mol. The average Bonchev–Trinajstić information content (AvgIpc) is 2.57. The van der Waals surface area contributed by atoms with Crippen LogP contribution in [0.5, 0.6) is 0 Å². The topological polar surface area (TPSA) is 21.3 Å². The average molecular weight is 185 g/mol. The van der Waals surface area contributed by atoms with E-state index in [9.17, 15) is 0 Å². The van der Waals surface area contributed by atoms with Crippen molar-refractivity contribution in [3.8, 4) is 0 Å². The molecule has 1 atom stereocenters. The summed E-state index contributed by atoms with van der Waals surface area (Å²) >= 11 is 0. The highest BCUT2D eigenvalue weighted by atomic mass is 16.5. The van der Waals surface area contributed by atoms with Gasteiger partial charge in [0.1, 0.15) is 0 Å². The molecule has 1 heterocycles. The molecule has 1 rings (SSSR count). The number of hydrogen-bond donors (Lipinski definition) is 1. The van der Waals surface area contributed by atoms with E-state index in [1.54, 1.807) is 0 Å². The predicted octanol–water partition coefficient (Wildman–Crippen LogP) is 2.05. The molecule has 1 aliphatic rings. The summed E-state index contributed by atoms with van der Waals surface area (Å²) in [4.78, 5) is 0. The third kappa shape index (κ3) is 4.10. The highest BCUT2D eigenvalue weighted by Crippen LogP contribution is 2.18. The van der Waals surface area contributed by atoms with E-state index in [1.165, 1.54) is 12.8 Å². The van der Waals surface area contributed by atoms with Crippen LogP contribution in [0.1, 0.15) is 33.6 Å². The molecule has 0 aromatic heterocycles. The lowest BCUT2D eigenvalue weighted by molar-refractivity contribution is 0.184. The van der Waals surface area contributed by atoms with Crippen molar-refractivity contribution in [1.29, 1.82) is 0 Å². The Bertz CT molecular complexity index is 139. The van der Waals surface area contributed by atoms with Gasteiger partial charge in [0.05, 0.1) is 6.61 Å². The van der Waals surface area contributed by atoms with E-state index in [0.717, 1.165) is 32.2 Å². The molecule has 1 N–H and O–H groups in total. The molecule has 0 aromatic rings. The summed E-state index contributed by atoms with van der Waals surface area (Å²) in [6.45, 7) is 11.0. The molecule has 13 heavy (non-hydrogen) atoms. The van der Waals surface area contributed by atoms with Gasteiger partial charge in [0.25, 0.3) is 0 Å². The van der Waals surface area contributed by atoms with Crippen molar-refractivity contribution in [3.05, 3.63) is 0 Å². The maximum atomic E-state index is 5.33. The lowest BCUT2D eigenvalue weighted by Crippen LogP contribution is -2.32. The number of rotatable bonds is 5. The van der Waals surface area contributed by atoms with E-state index < -0.39 is 0 Å². The summed E-state index contributed by atoms with van der Waals surface area (Å²) in [5, 5.41) is 3.54. The van der Waals surface area contributed by atoms with Crippen molar-refractivity contribution >= 4 is 0 Å². The first-order valence-corrected chi connectivity index (χ1v) is 5.42. The Kier molecular flexibility index (Phi) is 4.20. The van der Waals surface area contributed by atoms with E-state index in [0.29, 0.717) is 5.41 Å². The van der Waals surface area contributed by atoms with Gasteiger partial charge in [-0.3, -0.25) is 0 Å². The maximum Gasteiger partial charge on any atom is 0.0507 e. The zero-order chi connectivity index (χ0) is 9.73. The molecule has 2 nitrogen and oxygen atoms in total. The molecule has 1 aliphatic heterocycles. The normalized spacial score (nSPS) is 23.8. The summed E-state index contributed by atoms with van der Waals surface area (Å²) in [6, 6.07) is 0. The second-order valence-electron chi connectivity index (χ2n) is 4.88. The van der Waals surface area contributed by atoms with Crippen LogP contribution in [0, 0.1) is 11.3 Å². The van der Waals surface area contributed by atoms with E-state index in [1.807, 2.05) is 0 Å². The molecule has 0 spiro atoms. The van der Waals surface area contributed by atoms with Gasteiger partial charge in [-0.1, -0.05) is 20.8 Å². The summed E-state index contributed by atoms with van der Waals surface area (Å²) in [7, 11) is 0. The third-order valence-electron chi connectivity index (χ3n) is 3.02. The number of hydrogen-bond acceptors (Lipinski definition) is 2. The SMILES string of the molecule is CCC(C)(C)CNCC1CCOC1. The van der Waals surface area contributed by atoms with Gasteiger partial charge in [0.15, 0.2) is 0 Å². The molecule has 1 saturated heterocycles. The van der Waals surface area contributed by atoms with Gasteiger partial charge >= 0.3 is 0 Å². The van der Waals surface area contributed by atoms with E-state index in [4.69, 9.17) is 4.74 Å². The summed E-state index contributed by atoms with van der Waals surface area (Å²) in [5.41, 5.74) is 0.444. The van der Waals surface area contributed by atoms with Crippen molar-refractivity contribution in [3.63, 3.8) is 0 Å². The molecule has 2 heteroatoms. The number of ether oxygens (including phenoxy) is 1. The van der Waals surface area contributed by atoms with Gasteiger partial charge in [-0.2, -0.15) is 0 Å². The Morgan fingerprint density at radius 3 is 2.77 bits per heavy atom. The van der Waals surface area contributed by atoms with Gasteiger partial charge < -0.3 is 10.1 Å². The number of nitrogens with one attached hydrogen (secondary N) is 1. The second kappa shape index (κ2) is 4.97. The van der Waals surface area contributed by atoms with Crippen molar-refractivity contribution in [2.24, 2.45) is 11.3 Å². The Hall–Kier alpha value is -0.0800. The first-order valence-electron chi connectivity index (χ1n) is 5.42. The fraction of sp³-hybridized carbons (Fsp3) is 1.00. The second-order valence-corrected chi connectivity index (χ2v) is 4.88. The van der Waals surface area contributed by atoms with E-state index >= 15 is 0 Å². The Labute approximate surface area is 82.0 Å². The molecule has 1 unspecified atom stereocenters. The minimum Gasteiger partial charge on any atom is -0.381 e.